The molecule has 1 aliphatic heterocycles. The second kappa shape index (κ2) is 9.90. The minimum Gasteiger partial charge on any atom is -0.354 e. The van der Waals surface area contributed by atoms with Crippen molar-refractivity contribution in [3.05, 3.63) is 29.8 Å². The van der Waals surface area contributed by atoms with Crippen LogP contribution in [0.5, 0.6) is 0 Å². The zero-order chi connectivity index (χ0) is 20.8. The second-order valence-corrected chi connectivity index (χ2v) is 8.63. The predicted molar refractivity (Wildman–Crippen MR) is 114 cm³/mol. The van der Waals surface area contributed by atoms with E-state index in [4.69, 9.17) is 0 Å². The van der Waals surface area contributed by atoms with Crippen LogP contribution in [-0.2, 0) is 9.59 Å². The van der Waals surface area contributed by atoms with Crippen LogP contribution in [0, 0.1) is 11.8 Å². The minimum atomic E-state index is -0.0403. The number of nitrogens with one attached hydrogen (secondary N) is 2. The molecule has 0 aromatic heterocycles. The van der Waals surface area contributed by atoms with Gasteiger partial charge in [0.05, 0.1) is 0 Å². The van der Waals surface area contributed by atoms with E-state index in [-0.39, 0.29) is 35.6 Å². The van der Waals surface area contributed by atoms with E-state index in [9.17, 15) is 14.4 Å². The first-order valence-corrected chi connectivity index (χ1v) is 10.9. The Morgan fingerprint density at radius 2 is 1.59 bits per heavy atom. The number of rotatable bonds is 5. The summed E-state index contributed by atoms with van der Waals surface area (Å²) in [6, 6.07) is 7.33. The van der Waals surface area contributed by atoms with Gasteiger partial charge < -0.3 is 15.5 Å². The summed E-state index contributed by atoms with van der Waals surface area (Å²) in [7, 11) is 0. The van der Waals surface area contributed by atoms with Gasteiger partial charge in [0.15, 0.2) is 0 Å². The van der Waals surface area contributed by atoms with Crippen molar-refractivity contribution >= 4 is 23.4 Å². The molecule has 3 rings (SSSR count). The molecule has 29 heavy (non-hydrogen) atoms. The summed E-state index contributed by atoms with van der Waals surface area (Å²) in [5, 5.41) is 5.95. The van der Waals surface area contributed by atoms with Crippen LogP contribution >= 0.6 is 0 Å². The van der Waals surface area contributed by atoms with Crippen molar-refractivity contribution < 1.29 is 14.4 Å². The molecule has 1 aromatic carbocycles. The number of carbonyl (C=O) groups excluding carboxylic acids is 3. The number of hydrogen-bond acceptors (Lipinski definition) is 3. The van der Waals surface area contributed by atoms with Crippen molar-refractivity contribution in [3.63, 3.8) is 0 Å². The van der Waals surface area contributed by atoms with Crippen molar-refractivity contribution in [2.75, 3.05) is 18.4 Å². The van der Waals surface area contributed by atoms with Crippen LogP contribution in [-0.4, -0.2) is 41.8 Å². The van der Waals surface area contributed by atoms with Gasteiger partial charge in [-0.2, -0.15) is 0 Å². The molecule has 1 aliphatic carbocycles. The van der Waals surface area contributed by atoms with E-state index < -0.39 is 0 Å². The third-order valence-corrected chi connectivity index (χ3v) is 5.94. The fourth-order valence-corrected chi connectivity index (χ4v) is 4.27. The molecule has 6 nitrogen and oxygen atoms in total. The van der Waals surface area contributed by atoms with Crippen LogP contribution in [0.3, 0.4) is 0 Å². The lowest BCUT2D eigenvalue weighted by Gasteiger charge is -2.32. The largest absolute Gasteiger partial charge is 0.354 e. The van der Waals surface area contributed by atoms with Gasteiger partial charge in [-0.25, -0.2) is 0 Å². The predicted octanol–water partition coefficient (Wildman–Crippen LogP) is 3.58. The molecular weight excluding hydrogens is 366 g/mol. The molecule has 1 saturated heterocycles. The van der Waals surface area contributed by atoms with Gasteiger partial charge in [-0.3, -0.25) is 14.4 Å². The topological polar surface area (TPSA) is 78.5 Å². The van der Waals surface area contributed by atoms with Gasteiger partial charge in [0.2, 0.25) is 11.8 Å². The third-order valence-electron chi connectivity index (χ3n) is 5.94. The van der Waals surface area contributed by atoms with Crippen LogP contribution in [0.1, 0.15) is 69.2 Å². The van der Waals surface area contributed by atoms with Crippen LogP contribution < -0.4 is 10.6 Å². The van der Waals surface area contributed by atoms with E-state index in [0.717, 1.165) is 25.7 Å². The minimum absolute atomic E-state index is 0.0254. The quantitative estimate of drug-likeness (QED) is 0.794. The molecule has 0 spiro atoms. The third kappa shape index (κ3) is 5.81. The number of hydrogen-bond donors (Lipinski definition) is 2. The van der Waals surface area contributed by atoms with Gasteiger partial charge in [-0.15, -0.1) is 0 Å². The van der Waals surface area contributed by atoms with Gasteiger partial charge in [-0.05, 0) is 57.7 Å². The number of likely N-dealkylation sites (tertiary alicyclic amines) is 1. The Bertz CT molecular complexity index is 733. The van der Waals surface area contributed by atoms with E-state index >= 15 is 0 Å². The molecule has 1 heterocycles. The zero-order valence-corrected chi connectivity index (χ0v) is 17.6. The molecule has 2 aliphatic rings. The summed E-state index contributed by atoms with van der Waals surface area (Å²) in [4.78, 5) is 39.4. The average molecular weight is 400 g/mol. The van der Waals surface area contributed by atoms with Crippen LogP contribution in [0.15, 0.2) is 24.3 Å². The van der Waals surface area contributed by atoms with Gasteiger partial charge in [0.25, 0.3) is 5.91 Å². The highest BCUT2D eigenvalue weighted by atomic mass is 16.2. The molecule has 2 N–H and O–H groups in total. The molecule has 0 unspecified atom stereocenters. The summed E-state index contributed by atoms with van der Waals surface area (Å²) in [6.07, 6.45) is 6.70. The maximum Gasteiger partial charge on any atom is 0.253 e. The Morgan fingerprint density at radius 3 is 2.24 bits per heavy atom. The maximum absolute atomic E-state index is 12.9. The lowest BCUT2D eigenvalue weighted by Crippen LogP contribution is -2.44. The average Bonchev–Trinajstić information content (AvgIpc) is 2.73. The van der Waals surface area contributed by atoms with E-state index in [1.54, 1.807) is 17.0 Å². The van der Waals surface area contributed by atoms with E-state index in [2.05, 4.69) is 10.6 Å². The van der Waals surface area contributed by atoms with Crippen molar-refractivity contribution in [1.82, 2.24) is 10.2 Å². The molecule has 1 saturated carbocycles. The smallest absolute Gasteiger partial charge is 0.253 e. The maximum atomic E-state index is 12.9. The summed E-state index contributed by atoms with van der Waals surface area (Å²) in [6.45, 7) is 5.06. The summed E-state index contributed by atoms with van der Waals surface area (Å²) < 4.78 is 0. The van der Waals surface area contributed by atoms with Gasteiger partial charge in [0, 0.05) is 42.2 Å². The zero-order valence-electron chi connectivity index (χ0n) is 17.6. The number of piperidine rings is 1. The van der Waals surface area contributed by atoms with Crippen LogP contribution in [0.4, 0.5) is 5.69 Å². The molecule has 0 atom stereocenters. The molecule has 6 heteroatoms. The molecule has 0 bridgehead atoms. The highest BCUT2D eigenvalue weighted by molar-refractivity contribution is 5.97. The van der Waals surface area contributed by atoms with Gasteiger partial charge in [-0.1, -0.05) is 25.3 Å². The van der Waals surface area contributed by atoms with E-state index in [1.807, 2.05) is 26.0 Å². The fourth-order valence-electron chi connectivity index (χ4n) is 4.27. The molecule has 0 radical (unpaired) electrons. The van der Waals surface area contributed by atoms with Gasteiger partial charge in [0.1, 0.15) is 0 Å². The lowest BCUT2D eigenvalue weighted by atomic mass is 9.88. The van der Waals surface area contributed by atoms with Gasteiger partial charge >= 0.3 is 0 Å². The van der Waals surface area contributed by atoms with E-state index in [1.165, 1.54) is 6.42 Å². The first-order valence-electron chi connectivity index (χ1n) is 10.9. The Kier molecular flexibility index (Phi) is 7.29. The number of nitrogens with zero attached hydrogens (tertiary/aromatic N) is 1. The SMILES string of the molecule is CC(C)NC(=O)C1CCN(C(=O)c2cccc(NC(=O)C3CCCCC3)c2)CC1. The highest BCUT2D eigenvalue weighted by Crippen LogP contribution is 2.25. The second-order valence-electron chi connectivity index (χ2n) is 8.63. The number of carbonyl (C=O) groups is 3. The molecule has 3 amide bonds. The normalized spacial score (nSPS) is 18.5. The first-order chi connectivity index (χ1) is 13.9. The van der Waals surface area contributed by atoms with Crippen LogP contribution in [0.2, 0.25) is 0 Å². The highest BCUT2D eigenvalue weighted by Gasteiger charge is 2.28. The Morgan fingerprint density at radius 1 is 0.931 bits per heavy atom. The molecule has 158 valence electrons. The van der Waals surface area contributed by atoms with Crippen LogP contribution in [0.25, 0.3) is 0 Å². The number of anilines is 1. The van der Waals surface area contributed by atoms with Crippen molar-refractivity contribution in [2.45, 2.75) is 64.8 Å². The number of benzene rings is 1. The Labute approximate surface area is 173 Å². The summed E-state index contributed by atoms with van der Waals surface area (Å²) in [5.41, 5.74) is 1.26. The molecule has 2 fully saturated rings. The standard InChI is InChI=1S/C23H33N3O3/c1-16(2)24-21(27)18-11-13-26(14-12-18)23(29)19-9-6-10-20(15-19)25-22(28)17-7-4-3-5-8-17/h6,9-10,15-18H,3-5,7-8,11-14H2,1-2H3,(H,24,27)(H,25,28). The Balaban J connectivity index is 1.55. The van der Waals surface area contributed by atoms with Crippen molar-refractivity contribution in [1.29, 1.82) is 0 Å². The first kappa shape index (κ1) is 21.3. The fraction of sp³-hybridized carbons (Fsp3) is 0.609. The molecule has 1 aromatic rings. The van der Waals surface area contributed by atoms with Crippen molar-refractivity contribution in [2.24, 2.45) is 11.8 Å². The monoisotopic (exact) mass is 399 g/mol. The summed E-state index contributed by atoms with van der Waals surface area (Å²) >= 11 is 0. The van der Waals surface area contributed by atoms with Crippen molar-refractivity contribution in [3.8, 4) is 0 Å². The molecular formula is C23H33N3O3. The lowest BCUT2D eigenvalue weighted by molar-refractivity contribution is -0.126. The number of amides is 3. The summed E-state index contributed by atoms with van der Waals surface area (Å²) in [5.74, 6) is 0.161. The van der Waals surface area contributed by atoms with E-state index in [0.29, 0.717) is 37.2 Å². The Hall–Kier alpha value is -2.37.